The van der Waals surface area contributed by atoms with Gasteiger partial charge < -0.3 is 20.3 Å². The van der Waals surface area contributed by atoms with E-state index in [1.54, 1.807) is 6.08 Å². The van der Waals surface area contributed by atoms with Gasteiger partial charge in [0.25, 0.3) is 0 Å². The molecule has 0 saturated heterocycles. The first-order valence-electron chi connectivity index (χ1n) is 42.4. The van der Waals surface area contributed by atoms with Crippen molar-refractivity contribution in [2.24, 2.45) is 0 Å². The summed E-state index contributed by atoms with van der Waals surface area (Å²) in [6.07, 6.45) is 110. The maximum Gasteiger partial charge on any atom is 0.305 e. The molecule has 6 nitrogen and oxygen atoms in total. The molecular formula is C87H165NO5. The maximum atomic E-state index is 12.5. The molecule has 0 heterocycles. The molecule has 93 heavy (non-hydrogen) atoms. The van der Waals surface area contributed by atoms with Crippen LogP contribution in [0, 0.1) is 0 Å². The number of allylic oxidation sites excluding steroid dienone is 7. The van der Waals surface area contributed by atoms with Gasteiger partial charge in [-0.3, -0.25) is 9.59 Å². The molecule has 2 unspecified atom stereocenters. The van der Waals surface area contributed by atoms with E-state index in [9.17, 15) is 19.8 Å². The van der Waals surface area contributed by atoms with Crippen LogP contribution >= 0.6 is 0 Å². The number of carbonyl (C=O) groups is 2. The number of rotatable bonds is 80. The van der Waals surface area contributed by atoms with Gasteiger partial charge >= 0.3 is 5.97 Å². The largest absolute Gasteiger partial charge is 0.466 e. The first-order chi connectivity index (χ1) is 46.0. The summed E-state index contributed by atoms with van der Waals surface area (Å²) in [7, 11) is 0. The third-order valence-electron chi connectivity index (χ3n) is 19.8. The summed E-state index contributed by atoms with van der Waals surface area (Å²) in [5.41, 5.74) is 0. The Balaban J connectivity index is 3.36. The Labute approximate surface area is 582 Å². The van der Waals surface area contributed by atoms with Gasteiger partial charge in [-0.05, 0) is 89.9 Å². The number of aliphatic hydroxyl groups is 2. The van der Waals surface area contributed by atoms with Crippen molar-refractivity contribution >= 4 is 11.9 Å². The maximum absolute atomic E-state index is 12.5. The fraction of sp³-hybridized carbons (Fsp3) is 0.885. The minimum absolute atomic E-state index is 0.0204. The number of aliphatic hydroxyl groups excluding tert-OH is 2. The van der Waals surface area contributed by atoms with E-state index in [0.717, 1.165) is 44.9 Å². The fourth-order valence-electron chi connectivity index (χ4n) is 13.4. The van der Waals surface area contributed by atoms with Crippen molar-refractivity contribution in [1.29, 1.82) is 0 Å². The molecule has 548 valence electrons. The van der Waals surface area contributed by atoms with Crippen molar-refractivity contribution in [1.82, 2.24) is 5.32 Å². The lowest BCUT2D eigenvalue weighted by Gasteiger charge is -2.20. The van der Waals surface area contributed by atoms with E-state index in [1.165, 1.54) is 398 Å². The van der Waals surface area contributed by atoms with E-state index in [-0.39, 0.29) is 18.5 Å². The molecule has 0 aromatic rings. The third kappa shape index (κ3) is 78.7. The predicted octanol–water partition coefficient (Wildman–Crippen LogP) is 28.3. The molecule has 0 aliphatic rings. The van der Waals surface area contributed by atoms with Gasteiger partial charge in [-0.15, -0.1) is 0 Å². The normalized spacial score (nSPS) is 12.7. The Hall–Kier alpha value is -2.18. The van der Waals surface area contributed by atoms with Gasteiger partial charge in [0.15, 0.2) is 0 Å². The average molecular weight is 1310 g/mol. The van der Waals surface area contributed by atoms with E-state index in [2.05, 4.69) is 55.6 Å². The van der Waals surface area contributed by atoms with Crippen molar-refractivity contribution < 1.29 is 24.5 Å². The Morgan fingerprint density at radius 1 is 0.301 bits per heavy atom. The van der Waals surface area contributed by atoms with Gasteiger partial charge in [0, 0.05) is 12.8 Å². The Morgan fingerprint density at radius 2 is 0.538 bits per heavy atom. The van der Waals surface area contributed by atoms with Crippen LogP contribution in [0.25, 0.3) is 0 Å². The van der Waals surface area contributed by atoms with Crippen LogP contribution in [0.15, 0.2) is 48.6 Å². The number of amides is 1. The lowest BCUT2D eigenvalue weighted by Crippen LogP contribution is -2.45. The molecule has 0 aliphatic heterocycles. The van der Waals surface area contributed by atoms with E-state index >= 15 is 0 Å². The Kier molecular flexibility index (Phi) is 80.3. The summed E-state index contributed by atoms with van der Waals surface area (Å²) < 4.78 is 5.52. The van der Waals surface area contributed by atoms with Crippen LogP contribution in [0.3, 0.4) is 0 Å². The molecule has 0 saturated carbocycles. The lowest BCUT2D eigenvalue weighted by molar-refractivity contribution is -0.143. The standard InChI is InChI=1S/C87H165NO5/c1-3-5-7-9-11-13-15-17-19-21-44-49-53-57-61-65-69-73-77-81-87(92)93-82-78-74-70-66-62-58-54-50-46-43-41-39-37-35-33-31-29-27-25-23-24-26-28-30-32-34-36-38-40-42-45-48-52-56-60-64-68-72-76-80-86(91)88-84(83-89)85(90)79-75-71-67-63-59-55-51-47-22-20-18-16-14-12-10-8-6-4-2/h17,19,23-24,27,29,75,79,84-85,89-90H,3-16,18,20-22,25-26,28,30-74,76-78,80-83H2,1-2H3,(H,88,91)/b19-17-,24-23-,29-27-,79-75+. The molecule has 0 radical (unpaired) electrons. The van der Waals surface area contributed by atoms with Crippen LogP contribution in [-0.2, 0) is 14.3 Å². The molecule has 3 N–H and O–H groups in total. The quantitative estimate of drug-likeness (QED) is 0.0320. The first-order valence-corrected chi connectivity index (χ1v) is 42.4. The number of carbonyl (C=O) groups excluding carboxylic acids is 2. The van der Waals surface area contributed by atoms with Crippen molar-refractivity contribution in [2.75, 3.05) is 13.2 Å². The van der Waals surface area contributed by atoms with Gasteiger partial charge in [-0.25, -0.2) is 0 Å². The van der Waals surface area contributed by atoms with Crippen LogP contribution in [0.5, 0.6) is 0 Å². The van der Waals surface area contributed by atoms with Gasteiger partial charge in [0.1, 0.15) is 0 Å². The second kappa shape index (κ2) is 82.2. The highest BCUT2D eigenvalue weighted by atomic mass is 16.5. The minimum atomic E-state index is -0.843. The van der Waals surface area contributed by atoms with Crippen molar-refractivity contribution in [3.63, 3.8) is 0 Å². The molecular weight excluding hydrogens is 1140 g/mol. The van der Waals surface area contributed by atoms with E-state index in [4.69, 9.17) is 4.74 Å². The number of ether oxygens (including phenoxy) is 1. The first kappa shape index (κ1) is 90.8. The zero-order valence-corrected chi connectivity index (χ0v) is 63.0. The highest BCUT2D eigenvalue weighted by molar-refractivity contribution is 5.76. The molecule has 0 aliphatic carbocycles. The summed E-state index contributed by atoms with van der Waals surface area (Å²) in [6, 6.07) is -0.627. The van der Waals surface area contributed by atoms with Gasteiger partial charge in [-0.1, -0.05) is 416 Å². The SMILES string of the molecule is CCCCCCCC/C=C\CCCCCCCCCCCC(=O)OCCCCCCCCCCCCCCCCC/C=C\C/C=C\CCCCCCCCCCCCCCCCCCCC(=O)NC(CO)C(O)/C=C/CCCCCCCCCCCCCCCCCC. The molecule has 0 rings (SSSR count). The van der Waals surface area contributed by atoms with Crippen molar-refractivity contribution in [3.05, 3.63) is 48.6 Å². The smallest absolute Gasteiger partial charge is 0.305 e. The number of hydrogen-bond acceptors (Lipinski definition) is 5. The average Bonchev–Trinajstić information content (AvgIpc) is 3.68. The highest BCUT2D eigenvalue weighted by Gasteiger charge is 2.18. The van der Waals surface area contributed by atoms with Crippen LogP contribution in [0.1, 0.15) is 470 Å². The molecule has 0 fully saturated rings. The van der Waals surface area contributed by atoms with Crippen LogP contribution < -0.4 is 5.32 Å². The van der Waals surface area contributed by atoms with Gasteiger partial charge in [0.2, 0.25) is 5.91 Å². The Bertz CT molecular complexity index is 1550. The highest BCUT2D eigenvalue weighted by Crippen LogP contribution is 2.20. The molecule has 2 atom stereocenters. The summed E-state index contributed by atoms with van der Waals surface area (Å²) in [4.78, 5) is 24.7. The monoisotopic (exact) mass is 1300 g/mol. The van der Waals surface area contributed by atoms with Crippen LogP contribution in [0.2, 0.25) is 0 Å². The topological polar surface area (TPSA) is 95.9 Å². The second-order valence-corrected chi connectivity index (χ2v) is 29.2. The summed E-state index contributed by atoms with van der Waals surface area (Å²) in [5.74, 6) is -0.0408. The zero-order chi connectivity index (χ0) is 67.0. The zero-order valence-electron chi connectivity index (χ0n) is 63.0. The number of nitrogens with one attached hydrogen (secondary N) is 1. The molecule has 0 aromatic heterocycles. The van der Waals surface area contributed by atoms with Crippen LogP contribution in [0.4, 0.5) is 0 Å². The summed E-state index contributed by atoms with van der Waals surface area (Å²) in [5, 5.41) is 23.3. The summed E-state index contributed by atoms with van der Waals surface area (Å²) >= 11 is 0. The number of esters is 1. The summed E-state index contributed by atoms with van der Waals surface area (Å²) in [6.45, 7) is 4.95. The molecule has 0 bridgehead atoms. The molecule has 1 amide bonds. The lowest BCUT2D eigenvalue weighted by atomic mass is 10.0. The van der Waals surface area contributed by atoms with Gasteiger partial charge in [-0.2, -0.15) is 0 Å². The molecule has 0 aromatic carbocycles. The molecule has 0 spiro atoms. The minimum Gasteiger partial charge on any atom is -0.466 e. The molecule has 6 heteroatoms. The van der Waals surface area contributed by atoms with Crippen LogP contribution in [-0.4, -0.2) is 47.4 Å². The Morgan fingerprint density at radius 3 is 0.828 bits per heavy atom. The fourth-order valence-corrected chi connectivity index (χ4v) is 13.4. The second-order valence-electron chi connectivity index (χ2n) is 29.2. The van der Waals surface area contributed by atoms with E-state index in [0.29, 0.717) is 19.4 Å². The van der Waals surface area contributed by atoms with Gasteiger partial charge in [0.05, 0.1) is 25.4 Å². The van der Waals surface area contributed by atoms with E-state index in [1.807, 2.05) is 6.08 Å². The predicted molar refractivity (Wildman–Crippen MR) is 412 cm³/mol. The van der Waals surface area contributed by atoms with E-state index < -0.39 is 12.1 Å². The number of unbranched alkanes of at least 4 members (excludes halogenated alkanes) is 63. The number of hydrogen-bond donors (Lipinski definition) is 3. The van der Waals surface area contributed by atoms with Crippen molar-refractivity contribution in [2.45, 2.75) is 482 Å². The third-order valence-corrected chi connectivity index (χ3v) is 19.8. The van der Waals surface area contributed by atoms with Crippen molar-refractivity contribution in [3.8, 4) is 0 Å².